The van der Waals surface area contributed by atoms with Crippen molar-refractivity contribution >= 4 is 33.0 Å². The highest BCUT2D eigenvalue weighted by Crippen LogP contribution is 2.42. The number of hydrogen-bond donors (Lipinski definition) is 0. The average molecular weight is 346 g/mol. The summed E-state index contributed by atoms with van der Waals surface area (Å²) in [6, 6.07) is 3.36. The van der Waals surface area contributed by atoms with Crippen molar-refractivity contribution in [1.82, 2.24) is 14.8 Å². The van der Waals surface area contributed by atoms with Gasteiger partial charge in [0.2, 0.25) is 0 Å². The van der Waals surface area contributed by atoms with E-state index in [1.54, 1.807) is 23.7 Å². The molecule has 1 heterocycles. The topological polar surface area (TPSA) is 64.8 Å². The Morgan fingerprint density at radius 3 is 2.81 bits per heavy atom. The largest absolute Gasteiger partial charge is 0.320 e. The van der Waals surface area contributed by atoms with E-state index in [1.807, 2.05) is 0 Å². The molecule has 0 fully saturated rings. The van der Waals surface area contributed by atoms with Crippen LogP contribution < -0.4 is 0 Å². The molecule has 1 aliphatic carbocycles. The smallest absolute Gasteiger partial charge is 0.164 e. The molecule has 112 valence electrons. The quantitative estimate of drug-likeness (QED) is 0.857. The molecule has 1 aromatic heterocycles. The second-order valence-electron chi connectivity index (χ2n) is 5.15. The molecule has 0 saturated carbocycles. The van der Waals surface area contributed by atoms with Crippen LogP contribution in [0.4, 0.5) is 0 Å². The van der Waals surface area contributed by atoms with Crippen LogP contribution in [0.5, 0.6) is 0 Å². The van der Waals surface area contributed by atoms with Crippen molar-refractivity contribution in [1.29, 1.82) is 0 Å². The molecule has 1 atom stereocenters. The predicted octanol–water partition coefficient (Wildman–Crippen LogP) is 2.72. The lowest BCUT2D eigenvalue weighted by molar-refractivity contribution is 0.577. The Morgan fingerprint density at radius 2 is 2.14 bits per heavy atom. The SMILES string of the molecule is Cn1cnnc1CS(=O)(=O)[C@@H]1CCc2c(Cl)cc(Cl)cc21. The predicted molar refractivity (Wildman–Crippen MR) is 81.2 cm³/mol. The highest BCUT2D eigenvalue weighted by Gasteiger charge is 2.35. The Bertz CT molecular complexity index is 802. The Kier molecular flexibility index (Phi) is 3.71. The van der Waals surface area contributed by atoms with E-state index >= 15 is 0 Å². The summed E-state index contributed by atoms with van der Waals surface area (Å²) in [4.78, 5) is 0. The van der Waals surface area contributed by atoms with Crippen molar-refractivity contribution in [3.63, 3.8) is 0 Å². The number of sulfone groups is 1. The lowest BCUT2D eigenvalue weighted by atomic mass is 10.1. The number of aromatic nitrogens is 3. The van der Waals surface area contributed by atoms with E-state index in [-0.39, 0.29) is 5.75 Å². The maximum Gasteiger partial charge on any atom is 0.164 e. The van der Waals surface area contributed by atoms with Crippen LogP contribution in [0.3, 0.4) is 0 Å². The number of benzene rings is 1. The normalized spacial score (nSPS) is 18.0. The Balaban J connectivity index is 1.98. The van der Waals surface area contributed by atoms with Gasteiger partial charge in [0.1, 0.15) is 17.9 Å². The average Bonchev–Trinajstić information content (AvgIpc) is 2.96. The van der Waals surface area contributed by atoms with E-state index in [4.69, 9.17) is 23.2 Å². The van der Waals surface area contributed by atoms with Gasteiger partial charge in [-0.15, -0.1) is 10.2 Å². The van der Waals surface area contributed by atoms with Gasteiger partial charge in [0, 0.05) is 17.1 Å². The van der Waals surface area contributed by atoms with Gasteiger partial charge in [0.05, 0.1) is 5.25 Å². The van der Waals surface area contributed by atoms with Gasteiger partial charge in [-0.3, -0.25) is 0 Å². The number of aryl methyl sites for hydroxylation is 1. The van der Waals surface area contributed by atoms with Crippen molar-refractivity contribution < 1.29 is 8.42 Å². The fraction of sp³-hybridized carbons (Fsp3) is 0.385. The van der Waals surface area contributed by atoms with Gasteiger partial charge in [0.25, 0.3) is 0 Å². The molecular formula is C13H13Cl2N3O2S. The molecular weight excluding hydrogens is 333 g/mol. The summed E-state index contributed by atoms with van der Waals surface area (Å²) >= 11 is 12.2. The van der Waals surface area contributed by atoms with Gasteiger partial charge < -0.3 is 4.57 Å². The second kappa shape index (κ2) is 5.26. The van der Waals surface area contributed by atoms with Crippen LogP contribution in [-0.4, -0.2) is 23.2 Å². The van der Waals surface area contributed by atoms with Gasteiger partial charge in [0.15, 0.2) is 9.84 Å². The lowest BCUT2D eigenvalue weighted by Crippen LogP contribution is -2.15. The molecule has 1 aromatic carbocycles. The highest BCUT2D eigenvalue weighted by molar-refractivity contribution is 7.90. The molecule has 21 heavy (non-hydrogen) atoms. The summed E-state index contributed by atoms with van der Waals surface area (Å²) in [7, 11) is -1.67. The molecule has 8 heteroatoms. The van der Waals surface area contributed by atoms with E-state index < -0.39 is 15.1 Å². The Labute approximate surface area is 132 Å². The summed E-state index contributed by atoms with van der Waals surface area (Å²) in [5.41, 5.74) is 1.60. The van der Waals surface area contributed by atoms with Crippen molar-refractivity contribution in [3.8, 4) is 0 Å². The lowest BCUT2D eigenvalue weighted by Gasteiger charge is -2.13. The van der Waals surface area contributed by atoms with Crippen LogP contribution in [0.1, 0.15) is 28.6 Å². The van der Waals surface area contributed by atoms with Crippen LogP contribution in [0, 0.1) is 0 Å². The minimum absolute atomic E-state index is 0.141. The number of halogens is 2. The summed E-state index contributed by atoms with van der Waals surface area (Å²) in [5, 5.41) is 7.97. The van der Waals surface area contributed by atoms with E-state index in [0.717, 1.165) is 11.1 Å². The minimum Gasteiger partial charge on any atom is -0.320 e. The van der Waals surface area contributed by atoms with E-state index in [9.17, 15) is 8.42 Å². The van der Waals surface area contributed by atoms with E-state index in [2.05, 4.69) is 10.2 Å². The minimum atomic E-state index is -3.39. The summed E-state index contributed by atoms with van der Waals surface area (Å²) in [6.45, 7) is 0. The van der Waals surface area contributed by atoms with Crippen molar-refractivity contribution in [2.45, 2.75) is 23.8 Å². The molecule has 0 amide bonds. The zero-order chi connectivity index (χ0) is 15.2. The van der Waals surface area contributed by atoms with E-state index in [1.165, 1.54) is 6.33 Å². The molecule has 0 radical (unpaired) electrons. The summed E-state index contributed by atoms with van der Waals surface area (Å²) in [6.07, 6.45) is 2.66. The molecule has 3 rings (SSSR count). The number of rotatable bonds is 3. The van der Waals surface area contributed by atoms with Crippen molar-refractivity contribution in [2.24, 2.45) is 7.05 Å². The maximum absolute atomic E-state index is 12.7. The van der Waals surface area contributed by atoms with Crippen LogP contribution in [-0.2, 0) is 29.1 Å². The molecule has 0 unspecified atom stereocenters. The van der Waals surface area contributed by atoms with Crippen molar-refractivity contribution in [2.75, 3.05) is 0 Å². The third kappa shape index (κ3) is 2.67. The molecule has 0 bridgehead atoms. The number of hydrogen-bond acceptors (Lipinski definition) is 4. The highest BCUT2D eigenvalue weighted by atomic mass is 35.5. The Hall–Kier alpha value is -1.11. The van der Waals surface area contributed by atoms with Gasteiger partial charge in [-0.05, 0) is 36.1 Å². The monoisotopic (exact) mass is 345 g/mol. The van der Waals surface area contributed by atoms with E-state index in [0.29, 0.717) is 28.7 Å². The zero-order valence-corrected chi connectivity index (χ0v) is 13.6. The molecule has 5 nitrogen and oxygen atoms in total. The fourth-order valence-electron chi connectivity index (χ4n) is 2.70. The number of nitrogens with zero attached hydrogens (tertiary/aromatic N) is 3. The van der Waals surface area contributed by atoms with Gasteiger partial charge >= 0.3 is 0 Å². The zero-order valence-electron chi connectivity index (χ0n) is 11.3. The molecule has 0 aliphatic heterocycles. The standard InChI is InChI=1S/C13H13Cl2N3O2S/c1-18-7-16-17-13(18)6-21(19,20)12-3-2-9-10(12)4-8(14)5-11(9)15/h4-5,7,12H,2-3,6H2,1H3/t12-/m1/s1. The van der Waals surface area contributed by atoms with Crippen LogP contribution >= 0.6 is 23.2 Å². The maximum atomic E-state index is 12.7. The van der Waals surface area contributed by atoms with Gasteiger partial charge in [-0.2, -0.15) is 0 Å². The van der Waals surface area contributed by atoms with Crippen LogP contribution in [0.2, 0.25) is 10.0 Å². The van der Waals surface area contributed by atoms with Crippen LogP contribution in [0.25, 0.3) is 0 Å². The third-order valence-electron chi connectivity index (χ3n) is 3.77. The molecule has 0 N–H and O–H groups in total. The van der Waals surface area contributed by atoms with Crippen LogP contribution in [0.15, 0.2) is 18.5 Å². The van der Waals surface area contributed by atoms with Gasteiger partial charge in [-0.1, -0.05) is 23.2 Å². The van der Waals surface area contributed by atoms with Gasteiger partial charge in [-0.25, -0.2) is 8.42 Å². The molecule has 0 spiro atoms. The second-order valence-corrected chi connectivity index (χ2v) is 8.18. The molecule has 2 aromatic rings. The van der Waals surface area contributed by atoms with Crippen molar-refractivity contribution in [3.05, 3.63) is 45.5 Å². The fourth-order valence-corrected chi connectivity index (χ4v) is 5.20. The summed E-state index contributed by atoms with van der Waals surface area (Å²) < 4.78 is 27.0. The first-order valence-electron chi connectivity index (χ1n) is 6.41. The summed E-state index contributed by atoms with van der Waals surface area (Å²) in [5.74, 6) is 0.286. The number of fused-ring (bicyclic) bond motifs is 1. The molecule has 1 aliphatic rings. The first kappa shape index (κ1) is 14.8. The third-order valence-corrected chi connectivity index (χ3v) is 6.34. The Morgan fingerprint density at radius 1 is 1.38 bits per heavy atom. The first-order valence-corrected chi connectivity index (χ1v) is 8.88. The first-order chi connectivity index (χ1) is 9.88. The molecule has 0 saturated heterocycles.